The molecule has 7 nitrogen and oxygen atoms in total. The van der Waals surface area contributed by atoms with E-state index in [0.717, 1.165) is 30.5 Å². The van der Waals surface area contributed by atoms with Gasteiger partial charge in [0.1, 0.15) is 28.2 Å². The van der Waals surface area contributed by atoms with Crippen LogP contribution in [-0.4, -0.2) is 52.5 Å². The van der Waals surface area contributed by atoms with Crippen LogP contribution in [0.4, 0.5) is 36.1 Å². The number of aromatic nitrogens is 1. The molecule has 1 heterocycles. The summed E-state index contributed by atoms with van der Waals surface area (Å²) in [4.78, 5) is 6.69. The predicted octanol–water partition coefficient (Wildman–Crippen LogP) is 5.12. The van der Waals surface area contributed by atoms with Gasteiger partial charge in [-0.1, -0.05) is 11.6 Å². The third-order valence-electron chi connectivity index (χ3n) is 4.80. The fourth-order valence-electron chi connectivity index (χ4n) is 3.00. The van der Waals surface area contributed by atoms with Crippen molar-refractivity contribution in [1.29, 1.82) is 0 Å². The third-order valence-corrected chi connectivity index (χ3v) is 6.48. The normalized spacial score (nSPS) is 11.2. The molecule has 0 saturated carbocycles. The van der Waals surface area contributed by atoms with E-state index >= 15 is 0 Å². The number of rotatable bonds is 9. The largest absolute Gasteiger partial charge is 0.372 e. The van der Waals surface area contributed by atoms with Crippen molar-refractivity contribution in [3.63, 3.8) is 0 Å². The first-order valence-corrected chi connectivity index (χ1v) is 11.9. The molecule has 0 unspecified atom stereocenters. The second kappa shape index (κ2) is 11.8. The molecule has 35 heavy (non-hydrogen) atoms. The molecular formula is C22H24Cl2F3N5O2S. The molecule has 0 bridgehead atoms. The van der Waals surface area contributed by atoms with Gasteiger partial charge in [-0.25, -0.2) is 26.6 Å². The predicted molar refractivity (Wildman–Crippen MR) is 135 cm³/mol. The van der Waals surface area contributed by atoms with E-state index in [4.69, 9.17) is 11.6 Å². The Labute approximate surface area is 213 Å². The summed E-state index contributed by atoms with van der Waals surface area (Å²) in [5.41, 5.74) is 1.05. The van der Waals surface area contributed by atoms with Crippen molar-refractivity contribution < 1.29 is 21.6 Å². The molecule has 0 atom stereocenters. The first kappa shape index (κ1) is 28.5. The summed E-state index contributed by atoms with van der Waals surface area (Å²) in [6.45, 7) is 1.30. The number of halogens is 5. The quantitative estimate of drug-likeness (QED) is 0.386. The Morgan fingerprint density at radius 3 is 2.26 bits per heavy atom. The van der Waals surface area contributed by atoms with Gasteiger partial charge < -0.3 is 15.1 Å². The summed E-state index contributed by atoms with van der Waals surface area (Å²) in [6.07, 6.45) is 0.823. The molecule has 1 aromatic heterocycles. The minimum absolute atomic E-state index is 0. The van der Waals surface area contributed by atoms with Gasteiger partial charge in [-0.05, 0) is 50.5 Å². The molecular weight excluding hydrogens is 526 g/mol. The van der Waals surface area contributed by atoms with Crippen LogP contribution in [0.25, 0.3) is 0 Å². The van der Waals surface area contributed by atoms with Crippen LogP contribution in [0.5, 0.6) is 0 Å². The highest BCUT2D eigenvalue weighted by molar-refractivity contribution is 7.92. The number of anilines is 4. The van der Waals surface area contributed by atoms with Gasteiger partial charge in [0.05, 0.1) is 28.3 Å². The number of benzene rings is 2. The summed E-state index contributed by atoms with van der Waals surface area (Å²) < 4.78 is 69.1. The van der Waals surface area contributed by atoms with Gasteiger partial charge in [0.25, 0.3) is 10.0 Å². The monoisotopic (exact) mass is 549 g/mol. The van der Waals surface area contributed by atoms with Gasteiger partial charge in [0.15, 0.2) is 0 Å². The average Bonchev–Trinajstić information content (AvgIpc) is 2.76. The average molecular weight is 550 g/mol. The zero-order chi connectivity index (χ0) is 25.0. The maximum absolute atomic E-state index is 14.9. The molecule has 0 aliphatic heterocycles. The SMILES string of the molecule is CN(C)CCN(C)c1cc(F)ccc1Nc1cc(F)c(S(=O)(=O)Nc2ccc(F)cn2)cc1Cl.Cl. The van der Waals surface area contributed by atoms with Crippen molar-refractivity contribution >= 4 is 56.9 Å². The minimum atomic E-state index is -4.40. The van der Waals surface area contributed by atoms with Crippen LogP contribution in [0, 0.1) is 17.5 Å². The van der Waals surface area contributed by atoms with Gasteiger partial charge >= 0.3 is 0 Å². The standard InChI is InChI=1S/C22H23ClF3N5O2S.ClH/c1-30(2)8-9-31(3)20-10-14(24)4-6-18(20)28-19-12-17(26)21(11-16(19)23)34(32,33)29-22-7-5-15(25)13-27-22;/h4-7,10-13,28H,8-9H2,1-3H3,(H,27,29);1H. The van der Waals surface area contributed by atoms with Gasteiger partial charge in [-0.2, -0.15) is 0 Å². The molecule has 0 spiro atoms. The van der Waals surface area contributed by atoms with Gasteiger partial charge in [0, 0.05) is 26.2 Å². The van der Waals surface area contributed by atoms with Crippen molar-refractivity contribution in [2.75, 3.05) is 49.2 Å². The highest BCUT2D eigenvalue weighted by Crippen LogP contribution is 2.34. The molecule has 0 amide bonds. The Morgan fingerprint density at radius 2 is 1.63 bits per heavy atom. The highest BCUT2D eigenvalue weighted by Gasteiger charge is 2.23. The van der Waals surface area contributed by atoms with Gasteiger partial charge in [0.2, 0.25) is 0 Å². The van der Waals surface area contributed by atoms with Crippen LogP contribution in [0.15, 0.2) is 53.6 Å². The summed E-state index contributed by atoms with van der Waals surface area (Å²) >= 11 is 6.27. The Balaban J connectivity index is 0.00000432. The second-order valence-corrected chi connectivity index (χ2v) is 9.80. The molecule has 0 fully saturated rings. The highest BCUT2D eigenvalue weighted by atomic mass is 35.5. The van der Waals surface area contributed by atoms with Crippen molar-refractivity contribution in [2.45, 2.75) is 4.90 Å². The lowest BCUT2D eigenvalue weighted by atomic mass is 10.2. The molecule has 3 rings (SSSR count). The minimum Gasteiger partial charge on any atom is -0.372 e. The Bertz CT molecular complexity index is 1280. The van der Waals surface area contributed by atoms with Gasteiger partial charge in [-0.15, -0.1) is 12.4 Å². The van der Waals surface area contributed by atoms with Crippen LogP contribution < -0.4 is 14.9 Å². The number of hydrogen-bond acceptors (Lipinski definition) is 6. The summed E-state index contributed by atoms with van der Waals surface area (Å²) in [6, 6.07) is 8.06. The molecule has 190 valence electrons. The lowest BCUT2D eigenvalue weighted by Crippen LogP contribution is -2.29. The smallest absolute Gasteiger partial charge is 0.266 e. The zero-order valence-corrected chi connectivity index (χ0v) is 21.4. The van der Waals surface area contributed by atoms with Crippen molar-refractivity contribution in [1.82, 2.24) is 9.88 Å². The number of hydrogen-bond donors (Lipinski definition) is 2. The van der Waals surface area contributed by atoms with Gasteiger partial charge in [-0.3, -0.25) is 4.72 Å². The van der Waals surface area contributed by atoms with Crippen LogP contribution in [0.3, 0.4) is 0 Å². The van der Waals surface area contributed by atoms with E-state index in [1.807, 2.05) is 23.9 Å². The fraction of sp³-hybridized carbons (Fsp3) is 0.227. The summed E-state index contributed by atoms with van der Waals surface area (Å²) in [5.74, 6) is -2.36. The third kappa shape index (κ3) is 7.38. The van der Waals surface area contributed by atoms with E-state index in [1.54, 1.807) is 7.05 Å². The Kier molecular flexibility index (Phi) is 9.61. The number of pyridine rings is 1. The van der Waals surface area contributed by atoms with Crippen LogP contribution >= 0.6 is 24.0 Å². The van der Waals surface area contributed by atoms with E-state index in [-0.39, 0.29) is 28.9 Å². The molecule has 0 saturated heterocycles. The molecule has 0 aliphatic rings. The molecule has 2 aromatic carbocycles. The lowest BCUT2D eigenvalue weighted by molar-refractivity contribution is 0.416. The number of sulfonamides is 1. The first-order chi connectivity index (χ1) is 16.0. The van der Waals surface area contributed by atoms with Crippen LogP contribution in [0.1, 0.15) is 0 Å². The first-order valence-electron chi connectivity index (χ1n) is 10.0. The second-order valence-electron chi connectivity index (χ2n) is 7.74. The van der Waals surface area contributed by atoms with E-state index < -0.39 is 32.4 Å². The van der Waals surface area contributed by atoms with E-state index in [9.17, 15) is 21.6 Å². The molecule has 2 N–H and O–H groups in total. The molecule has 3 aromatic rings. The van der Waals surface area contributed by atoms with Crippen molar-refractivity contribution in [2.24, 2.45) is 0 Å². The summed E-state index contributed by atoms with van der Waals surface area (Å²) in [5, 5.41) is 2.87. The van der Waals surface area contributed by atoms with Crippen LogP contribution in [0.2, 0.25) is 5.02 Å². The topological polar surface area (TPSA) is 77.6 Å². The van der Waals surface area contributed by atoms with Crippen molar-refractivity contribution in [3.05, 3.63) is 71.1 Å². The fourth-order valence-corrected chi connectivity index (χ4v) is 4.37. The number of nitrogens with one attached hydrogen (secondary N) is 2. The lowest BCUT2D eigenvalue weighted by Gasteiger charge is -2.25. The zero-order valence-electron chi connectivity index (χ0n) is 19.0. The Morgan fingerprint density at radius 1 is 0.943 bits per heavy atom. The maximum atomic E-state index is 14.9. The van der Waals surface area contributed by atoms with Crippen LogP contribution in [-0.2, 0) is 10.0 Å². The number of likely N-dealkylation sites (N-methyl/N-ethyl adjacent to an activating group) is 2. The van der Waals surface area contributed by atoms with Crippen molar-refractivity contribution in [3.8, 4) is 0 Å². The molecule has 13 heteroatoms. The summed E-state index contributed by atoms with van der Waals surface area (Å²) in [7, 11) is 1.22. The maximum Gasteiger partial charge on any atom is 0.266 e. The van der Waals surface area contributed by atoms with E-state index in [2.05, 4.69) is 15.0 Å². The van der Waals surface area contributed by atoms with E-state index in [0.29, 0.717) is 24.5 Å². The molecule has 0 aliphatic carbocycles. The number of nitrogens with zero attached hydrogens (tertiary/aromatic N) is 3. The van der Waals surface area contributed by atoms with E-state index in [1.165, 1.54) is 18.2 Å². The Hall–Kier alpha value is -2.73. The molecule has 0 radical (unpaired) electrons.